The molecule has 2 rings (SSSR count). The molecule has 106 valence electrons. The number of hydrogen-bond donors (Lipinski definition) is 1. The number of hydrogen-bond acceptors (Lipinski definition) is 2. The maximum Gasteiger partial charge on any atom is 0.122 e. The van der Waals surface area contributed by atoms with E-state index in [0.29, 0.717) is 0 Å². The van der Waals surface area contributed by atoms with Crippen LogP contribution in [0.3, 0.4) is 0 Å². The Bertz CT molecular complexity index is 584. The molecule has 2 N–H and O–H groups in total. The summed E-state index contributed by atoms with van der Waals surface area (Å²) in [5.74, 6) is 0.901. The van der Waals surface area contributed by atoms with E-state index >= 15 is 0 Å². The van der Waals surface area contributed by atoms with E-state index in [1.165, 1.54) is 16.7 Å². The predicted molar refractivity (Wildman–Crippen MR) is 84.3 cm³/mol. The largest absolute Gasteiger partial charge is 0.496 e. The zero-order chi connectivity index (χ0) is 14.7. The van der Waals surface area contributed by atoms with Crippen molar-refractivity contribution >= 4 is 0 Å². The van der Waals surface area contributed by atoms with Gasteiger partial charge in [-0.1, -0.05) is 41.5 Å². The van der Waals surface area contributed by atoms with Gasteiger partial charge in [-0.15, -0.1) is 0 Å². The van der Waals surface area contributed by atoms with Crippen molar-refractivity contribution in [3.8, 4) is 5.75 Å². The lowest BCUT2D eigenvalue weighted by Crippen LogP contribution is -2.13. The highest BCUT2D eigenvalue weighted by Crippen LogP contribution is 2.24. The summed E-state index contributed by atoms with van der Waals surface area (Å²) in [4.78, 5) is 0. The molecule has 0 spiro atoms. The fourth-order valence-corrected chi connectivity index (χ4v) is 2.63. The van der Waals surface area contributed by atoms with Crippen LogP contribution in [-0.2, 0) is 6.42 Å². The van der Waals surface area contributed by atoms with Gasteiger partial charge in [0.2, 0.25) is 0 Å². The summed E-state index contributed by atoms with van der Waals surface area (Å²) < 4.78 is 5.37. The number of ether oxygens (including phenoxy) is 1. The average molecular weight is 269 g/mol. The van der Waals surface area contributed by atoms with E-state index in [1.54, 1.807) is 7.11 Å². The summed E-state index contributed by atoms with van der Waals surface area (Å²) in [5.41, 5.74) is 12.5. The smallest absolute Gasteiger partial charge is 0.122 e. The Balaban J connectivity index is 2.21. The summed E-state index contributed by atoms with van der Waals surface area (Å²) in [5, 5.41) is 0. The normalized spacial score (nSPS) is 12.2. The molecule has 0 saturated heterocycles. The zero-order valence-electron chi connectivity index (χ0n) is 12.7. The highest BCUT2D eigenvalue weighted by molar-refractivity contribution is 5.38. The Morgan fingerprint density at radius 3 is 2.25 bits per heavy atom. The first-order chi connectivity index (χ1) is 9.49. The highest BCUT2D eigenvalue weighted by Gasteiger charge is 2.10. The number of nitrogens with two attached hydrogens (primary N) is 1. The fourth-order valence-electron chi connectivity index (χ4n) is 2.63. The first kappa shape index (κ1) is 14.6. The molecule has 0 bridgehead atoms. The molecular formula is C18H23NO. The second-order valence-corrected chi connectivity index (χ2v) is 5.54. The van der Waals surface area contributed by atoms with Gasteiger partial charge in [0.1, 0.15) is 5.75 Å². The van der Waals surface area contributed by atoms with Gasteiger partial charge >= 0.3 is 0 Å². The molecule has 20 heavy (non-hydrogen) atoms. The predicted octanol–water partition coefficient (Wildman–Crippen LogP) is 3.86. The lowest BCUT2D eigenvalue weighted by molar-refractivity contribution is 0.410. The summed E-state index contributed by atoms with van der Waals surface area (Å²) in [6, 6.07) is 12.8. The van der Waals surface area contributed by atoms with E-state index in [2.05, 4.69) is 44.2 Å². The van der Waals surface area contributed by atoms with Crippen LogP contribution >= 0.6 is 0 Å². The van der Waals surface area contributed by atoms with Crippen molar-refractivity contribution in [3.05, 3.63) is 64.2 Å². The van der Waals surface area contributed by atoms with Crippen LogP contribution in [0.1, 0.15) is 33.9 Å². The standard InChI is InChI=1S/C18H23NO/c1-12-7-13(2)9-15(8-12)10-17(19)16-6-5-14(3)18(11-16)20-4/h5-9,11,17H,10,19H2,1-4H3. The van der Waals surface area contributed by atoms with Crippen molar-refractivity contribution in [1.82, 2.24) is 0 Å². The highest BCUT2D eigenvalue weighted by atomic mass is 16.5. The van der Waals surface area contributed by atoms with Gasteiger partial charge in [-0.05, 0) is 49.9 Å². The van der Waals surface area contributed by atoms with Gasteiger partial charge in [-0.3, -0.25) is 0 Å². The first-order valence-electron chi connectivity index (χ1n) is 6.97. The van der Waals surface area contributed by atoms with Gasteiger partial charge < -0.3 is 10.5 Å². The van der Waals surface area contributed by atoms with Gasteiger partial charge in [-0.2, -0.15) is 0 Å². The molecular weight excluding hydrogens is 246 g/mol. The van der Waals surface area contributed by atoms with Crippen molar-refractivity contribution in [3.63, 3.8) is 0 Å². The molecule has 0 amide bonds. The second-order valence-electron chi connectivity index (χ2n) is 5.54. The molecule has 0 radical (unpaired) electrons. The van der Waals surface area contributed by atoms with E-state index in [9.17, 15) is 0 Å². The lowest BCUT2D eigenvalue weighted by Gasteiger charge is -2.15. The minimum absolute atomic E-state index is 0.00861. The molecule has 2 heteroatoms. The van der Waals surface area contributed by atoms with Crippen molar-refractivity contribution in [2.45, 2.75) is 33.2 Å². The van der Waals surface area contributed by atoms with E-state index in [0.717, 1.165) is 23.3 Å². The Morgan fingerprint density at radius 1 is 1.00 bits per heavy atom. The molecule has 0 saturated carbocycles. The SMILES string of the molecule is COc1cc(C(N)Cc2cc(C)cc(C)c2)ccc1C. The Labute approximate surface area is 121 Å². The molecule has 0 fully saturated rings. The van der Waals surface area contributed by atoms with Crippen molar-refractivity contribution in [2.75, 3.05) is 7.11 Å². The van der Waals surface area contributed by atoms with E-state index < -0.39 is 0 Å². The minimum atomic E-state index is -0.00861. The first-order valence-corrected chi connectivity index (χ1v) is 6.97. The van der Waals surface area contributed by atoms with Gasteiger partial charge in [0.05, 0.1) is 7.11 Å². The molecule has 0 aromatic heterocycles. The molecule has 2 aromatic rings. The topological polar surface area (TPSA) is 35.2 Å². The molecule has 1 atom stereocenters. The van der Waals surface area contributed by atoms with Gasteiger partial charge in [0.25, 0.3) is 0 Å². The van der Waals surface area contributed by atoms with Crippen LogP contribution in [0.15, 0.2) is 36.4 Å². The van der Waals surface area contributed by atoms with Crippen LogP contribution in [0.4, 0.5) is 0 Å². The van der Waals surface area contributed by atoms with Gasteiger partial charge in [-0.25, -0.2) is 0 Å². The third-order valence-electron chi connectivity index (χ3n) is 3.60. The second kappa shape index (κ2) is 6.10. The summed E-state index contributed by atoms with van der Waals surface area (Å²) in [6.07, 6.45) is 0.842. The Hall–Kier alpha value is -1.80. The molecule has 2 nitrogen and oxygen atoms in total. The minimum Gasteiger partial charge on any atom is -0.496 e. The number of benzene rings is 2. The van der Waals surface area contributed by atoms with E-state index in [-0.39, 0.29) is 6.04 Å². The van der Waals surface area contributed by atoms with Crippen LogP contribution < -0.4 is 10.5 Å². The third kappa shape index (κ3) is 3.40. The molecule has 0 aliphatic carbocycles. The molecule has 0 heterocycles. The molecule has 0 aliphatic heterocycles. The zero-order valence-corrected chi connectivity index (χ0v) is 12.7. The van der Waals surface area contributed by atoms with Gasteiger partial charge in [0, 0.05) is 6.04 Å². The van der Waals surface area contributed by atoms with Crippen LogP contribution in [-0.4, -0.2) is 7.11 Å². The maximum absolute atomic E-state index is 6.35. The summed E-state index contributed by atoms with van der Waals surface area (Å²) >= 11 is 0. The van der Waals surface area contributed by atoms with Gasteiger partial charge in [0.15, 0.2) is 0 Å². The van der Waals surface area contributed by atoms with Crippen molar-refractivity contribution < 1.29 is 4.74 Å². The maximum atomic E-state index is 6.35. The van der Waals surface area contributed by atoms with Crippen LogP contribution in [0.25, 0.3) is 0 Å². The number of rotatable bonds is 4. The average Bonchev–Trinajstić information content (AvgIpc) is 2.37. The number of aryl methyl sites for hydroxylation is 3. The summed E-state index contributed by atoms with van der Waals surface area (Å²) in [7, 11) is 1.70. The molecule has 0 aliphatic rings. The fraction of sp³-hybridized carbons (Fsp3) is 0.333. The molecule has 2 aromatic carbocycles. The van der Waals surface area contributed by atoms with E-state index in [4.69, 9.17) is 10.5 Å². The van der Waals surface area contributed by atoms with Crippen molar-refractivity contribution in [1.29, 1.82) is 0 Å². The van der Waals surface area contributed by atoms with Crippen LogP contribution in [0, 0.1) is 20.8 Å². The Morgan fingerprint density at radius 2 is 1.65 bits per heavy atom. The quantitative estimate of drug-likeness (QED) is 0.914. The van der Waals surface area contributed by atoms with Crippen LogP contribution in [0.5, 0.6) is 5.75 Å². The van der Waals surface area contributed by atoms with Crippen LogP contribution in [0.2, 0.25) is 0 Å². The lowest BCUT2D eigenvalue weighted by atomic mass is 9.96. The van der Waals surface area contributed by atoms with Crippen molar-refractivity contribution in [2.24, 2.45) is 5.73 Å². The Kier molecular flexibility index (Phi) is 4.46. The summed E-state index contributed by atoms with van der Waals surface area (Å²) in [6.45, 7) is 6.28. The monoisotopic (exact) mass is 269 g/mol. The molecule has 1 unspecified atom stereocenters. The third-order valence-corrected chi connectivity index (χ3v) is 3.60. The number of methoxy groups -OCH3 is 1. The van der Waals surface area contributed by atoms with E-state index in [1.807, 2.05) is 13.0 Å².